The molecule has 1 amide bonds. The van der Waals surface area contributed by atoms with Gasteiger partial charge >= 0.3 is 0 Å². The van der Waals surface area contributed by atoms with E-state index in [1.807, 2.05) is 37.3 Å². The number of aryl methyl sites for hydroxylation is 1. The van der Waals surface area contributed by atoms with Crippen molar-refractivity contribution >= 4 is 33.4 Å². The third kappa shape index (κ3) is 4.46. The number of hydrogen-bond acceptors (Lipinski definition) is 3. The fourth-order valence-electron chi connectivity index (χ4n) is 3.21. The normalized spacial score (nSPS) is 18.6. The van der Waals surface area contributed by atoms with Gasteiger partial charge in [0.05, 0.1) is 12.7 Å². The molecule has 26 heavy (non-hydrogen) atoms. The van der Waals surface area contributed by atoms with Gasteiger partial charge in [0.1, 0.15) is 0 Å². The minimum absolute atomic E-state index is 0.119. The van der Waals surface area contributed by atoms with Crippen molar-refractivity contribution in [1.29, 1.82) is 0 Å². The molecule has 1 fully saturated rings. The SMILES string of the molecule is Cc1cc(Cl)cc(Br)c1C[C@@H]1CN(C(=O)C(O)c2ccccc2)CCO1. The average molecular weight is 439 g/mol. The lowest BCUT2D eigenvalue weighted by Crippen LogP contribution is -2.48. The van der Waals surface area contributed by atoms with Gasteiger partial charge in [0.2, 0.25) is 0 Å². The highest BCUT2D eigenvalue weighted by Gasteiger charge is 2.29. The van der Waals surface area contributed by atoms with E-state index in [9.17, 15) is 9.90 Å². The molecule has 1 heterocycles. The van der Waals surface area contributed by atoms with Crippen LogP contribution in [0.3, 0.4) is 0 Å². The summed E-state index contributed by atoms with van der Waals surface area (Å²) in [6, 6.07) is 12.8. The zero-order chi connectivity index (χ0) is 18.7. The van der Waals surface area contributed by atoms with E-state index in [0.717, 1.165) is 15.6 Å². The number of amides is 1. The van der Waals surface area contributed by atoms with Crippen LogP contribution in [0.2, 0.25) is 5.02 Å². The number of rotatable bonds is 4. The highest BCUT2D eigenvalue weighted by molar-refractivity contribution is 9.10. The molecule has 0 radical (unpaired) electrons. The summed E-state index contributed by atoms with van der Waals surface area (Å²) >= 11 is 9.64. The van der Waals surface area contributed by atoms with Crippen LogP contribution in [0.5, 0.6) is 0 Å². The molecule has 6 heteroatoms. The summed E-state index contributed by atoms with van der Waals surface area (Å²) in [6.07, 6.45) is -0.583. The zero-order valence-corrected chi connectivity index (χ0v) is 16.8. The van der Waals surface area contributed by atoms with Crippen molar-refractivity contribution in [2.24, 2.45) is 0 Å². The minimum Gasteiger partial charge on any atom is -0.378 e. The largest absolute Gasteiger partial charge is 0.378 e. The number of carbonyl (C=O) groups is 1. The Labute approximate surface area is 166 Å². The Morgan fingerprint density at radius 1 is 1.38 bits per heavy atom. The van der Waals surface area contributed by atoms with Gasteiger partial charge in [-0.3, -0.25) is 4.79 Å². The second-order valence-corrected chi connectivity index (χ2v) is 7.77. The van der Waals surface area contributed by atoms with E-state index in [4.69, 9.17) is 16.3 Å². The fraction of sp³-hybridized carbons (Fsp3) is 0.350. The number of ether oxygens (including phenoxy) is 1. The number of morpholine rings is 1. The minimum atomic E-state index is -1.14. The van der Waals surface area contributed by atoms with Crippen LogP contribution in [0.15, 0.2) is 46.9 Å². The highest BCUT2D eigenvalue weighted by Crippen LogP contribution is 2.28. The Morgan fingerprint density at radius 3 is 2.81 bits per heavy atom. The van der Waals surface area contributed by atoms with Crippen LogP contribution < -0.4 is 0 Å². The van der Waals surface area contributed by atoms with E-state index in [2.05, 4.69) is 15.9 Å². The number of carbonyl (C=O) groups excluding carboxylic acids is 1. The number of aliphatic hydroxyl groups is 1. The Morgan fingerprint density at radius 2 is 2.12 bits per heavy atom. The van der Waals surface area contributed by atoms with Crippen LogP contribution in [-0.4, -0.2) is 41.7 Å². The molecule has 1 aliphatic rings. The van der Waals surface area contributed by atoms with Crippen LogP contribution >= 0.6 is 27.5 Å². The fourth-order valence-corrected chi connectivity index (χ4v) is 4.34. The number of hydrogen-bond donors (Lipinski definition) is 1. The maximum absolute atomic E-state index is 12.7. The Hall–Kier alpha value is -1.40. The van der Waals surface area contributed by atoms with Crippen LogP contribution in [0.25, 0.3) is 0 Å². The van der Waals surface area contributed by atoms with Gasteiger partial charge in [0.25, 0.3) is 5.91 Å². The molecule has 0 spiro atoms. The lowest BCUT2D eigenvalue weighted by molar-refractivity contribution is -0.148. The van der Waals surface area contributed by atoms with Crippen molar-refractivity contribution in [2.75, 3.05) is 19.7 Å². The van der Waals surface area contributed by atoms with E-state index in [0.29, 0.717) is 36.7 Å². The molecule has 0 aromatic heterocycles. The van der Waals surface area contributed by atoms with Crippen molar-refractivity contribution in [2.45, 2.75) is 25.6 Å². The molecule has 138 valence electrons. The van der Waals surface area contributed by atoms with Crippen molar-refractivity contribution in [3.8, 4) is 0 Å². The van der Waals surface area contributed by atoms with Gasteiger partial charge in [-0.15, -0.1) is 0 Å². The molecule has 0 aliphatic carbocycles. The summed E-state index contributed by atoms with van der Waals surface area (Å²) in [5.74, 6) is -0.281. The van der Waals surface area contributed by atoms with Crippen molar-refractivity contribution in [1.82, 2.24) is 4.90 Å². The predicted octanol–water partition coefficient (Wildman–Crippen LogP) is 3.91. The van der Waals surface area contributed by atoms with Crippen LogP contribution in [0, 0.1) is 6.92 Å². The molecule has 1 saturated heterocycles. The van der Waals surface area contributed by atoms with Gasteiger partial charge in [-0.25, -0.2) is 0 Å². The first kappa shape index (κ1) is 19.4. The Balaban J connectivity index is 1.69. The molecule has 1 aliphatic heterocycles. The van der Waals surface area contributed by atoms with Gasteiger partial charge in [-0.2, -0.15) is 0 Å². The predicted molar refractivity (Wildman–Crippen MR) is 105 cm³/mol. The summed E-state index contributed by atoms with van der Waals surface area (Å²) in [6.45, 7) is 3.41. The average Bonchev–Trinajstić information content (AvgIpc) is 2.64. The first-order valence-electron chi connectivity index (χ1n) is 8.53. The number of halogens is 2. The molecule has 0 saturated carbocycles. The summed E-state index contributed by atoms with van der Waals surface area (Å²) < 4.78 is 6.80. The lowest BCUT2D eigenvalue weighted by Gasteiger charge is -2.34. The molecular weight excluding hydrogens is 418 g/mol. The topological polar surface area (TPSA) is 49.8 Å². The summed E-state index contributed by atoms with van der Waals surface area (Å²) in [4.78, 5) is 14.4. The van der Waals surface area contributed by atoms with Crippen molar-refractivity contribution in [3.63, 3.8) is 0 Å². The quantitative estimate of drug-likeness (QED) is 0.787. The van der Waals surface area contributed by atoms with Gasteiger partial charge < -0.3 is 14.7 Å². The standard InChI is InChI=1S/C20H21BrClNO3/c1-13-9-15(22)10-18(21)17(13)11-16-12-23(7-8-26-16)20(25)19(24)14-5-3-2-4-6-14/h2-6,9-10,16,19,24H,7-8,11-12H2,1H3/t16-,19?/m1/s1. The van der Waals surface area contributed by atoms with Gasteiger partial charge in [0, 0.05) is 29.0 Å². The molecule has 2 aromatic carbocycles. The maximum Gasteiger partial charge on any atom is 0.256 e. The van der Waals surface area contributed by atoms with Crippen molar-refractivity contribution in [3.05, 3.63) is 68.7 Å². The van der Waals surface area contributed by atoms with Crippen LogP contribution in [0.4, 0.5) is 0 Å². The number of benzene rings is 2. The molecule has 1 unspecified atom stereocenters. The summed E-state index contributed by atoms with van der Waals surface area (Å²) in [5.41, 5.74) is 2.81. The van der Waals surface area contributed by atoms with Gasteiger partial charge in [-0.05, 0) is 35.7 Å². The van der Waals surface area contributed by atoms with Crippen LogP contribution in [0.1, 0.15) is 22.8 Å². The lowest BCUT2D eigenvalue weighted by atomic mass is 10.0. The molecule has 4 nitrogen and oxygen atoms in total. The summed E-state index contributed by atoms with van der Waals surface area (Å²) in [5, 5.41) is 11.1. The molecule has 1 N–H and O–H groups in total. The monoisotopic (exact) mass is 437 g/mol. The molecule has 2 aromatic rings. The number of aliphatic hydroxyl groups excluding tert-OH is 1. The van der Waals surface area contributed by atoms with E-state index in [1.54, 1.807) is 17.0 Å². The molecule has 0 bridgehead atoms. The smallest absolute Gasteiger partial charge is 0.256 e. The van der Waals surface area contributed by atoms with E-state index in [-0.39, 0.29) is 12.0 Å². The van der Waals surface area contributed by atoms with E-state index < -0.39 is 6.10 Å². The zero-order valence-electron chi connectivity index (χ0n) is 14.5. The molecular formula is C20H21BrClNO3. The van der Waals surface area contributed by atoms with Gasteiger partial charge in [-0.1, -0.05) is 57.9 Å². The van der Waals surface area contributed by atoms with Crippen LogP contribution in [-0.2, 0) is 16.0 Å². The third-order valence-electron chi connectivity index (χ3n) is 4.61. The second-order valence-electron chi connectivity index (χ2n) is 6.48. The maximum atomic E-state index is 12.7. The Kier molecular flexibility index (Phi) is 6.35. The highest BCUT2D eigenvalue weighted by atomic mass is 79.9. The third-order valence-corrected chi connectivity index (χ3v) is 5.54. The van der Waals surface area contributed by atoms with Crippen molar-refractivity contribution < 1.29 is 14.6 Å². The van der Waals surface area contributed by atoms with E-state index >= 15 is 0 Å². The Bertz CT molecular complexity index is 761. The summed E-state index contributed by atoms with van der Waals surface area (Å²) in [7, 11) is 0. The van der Waals surface area contributed by atoms with Gasteiger partial charge in [0.15, 0.2) is 6.10 Å². The number of nitrogens with zero attached hydrogens (tertiary/aromatic N) is 1. The molecule has 2 atom stereocenters. The first-order valence-corrected chi connectivity index (χ1v) is 9.70. The first-order chi connectivity index (χ1) is 12.5. The molecule has 3 rings (SSSR count). The van der Waals surface area contributed by atoms with E-state index in [1.165, 1.54) is 0 Å². The second kappa shape index (κ2) is 8.53.